The van der Waals surface area contributed by atoms with Gasteiger partial charge in [-0.2, -0.15) is 94.5 Å². The summed E-state index contributed by atoms with van der Waals surface area (Å²) in [6.45, 7) is 20.2. The molecule has 0 aliphatic carbocycles. The van der Waals surface area contributed by atoms with Crippen molar-refractivity contribution in [2.75, 3.05) is 39.6 Å². The van der Waals surface area contributed by atoms with E-state index in [0.29, 0.717) is 39.6 Å². The van der Waals surface area contributed by atoms with Crippen molar-refractivity contribution in [1.82, 2.24) is 6.15 Å². The second-order valence-electron chi connectivity index (χ2n) is 5.46. The van der Waals surface area contributed by atoms with Crippen LogP contribution in [0.1, 0.15) is 68.2 Å². The molecule has 0 atom stereocenters. The highest BCUT2D eigenvalue weighted by atomic mass is 32.1. The van der Waals surface area contributed by atoms with Gasteiger partial charge in [0.05, 0.1) is 0 Å². The molecular weight excluding hydrogens is 607 g/mol. The molecule has 0 saturated heterocycles. The van der Waals surface area contributed by atoms with Gasteiger partial charge in [-0.3, -0.25) is 0 Å². The molecule has 7 nitrogen and oxygen atoms in total. The first kappa shape index (κ1) is 65.6. The average molecular weight is 668 g/mol. The maximum atomic E-state index is 5.65. The summed E-state index contributed by atoms with van der Waals surface area (Å²) in [6.07, 6.45) is 2.10. The molecule has 0 spiro atoms. The molecule has 0 aliphatic rings. The Morgan fingerprint density at radius 1 is 0.353 bits per heavy atom. The molecule has 0 amide bonds. The van der Waals surface area contributed by atoms with Gasteiger partial charge in [-0.05, 0) is 41.5 Å². The standard InChI is InChI=1S/2C9H22O3Si.H3N.7H2S/c2*1-5-9-13(10-6-2,11-7-3)12-8-4;;;;;;;;/h2*5-9H2,1-4H3;1H3;7*1H2. The van der Waals surface area contributed by atoms with Gasteiger partial charge in [-0.15, -0.1) is 0 Å². The molecule has 0 saturated carbocycles. The molecule has 3 N–H and O–H groups in total. The van der Waals surface area contributed by atoms with Gasteiger partial charge in [0, 0.05) is 51.7 Å². The van der Waals surface area contributed by atoms with Crippen LogP contribution in [-0.4, -0.2) is 57.3 Å². The summed E-state index contributed by atoms with van der Waals surface area (Å²) < 4.78 is 33.9. The summed E-state index contributed by atoms with van der Waals surface area (Å²) in [4.78, 5) is 0. The Kier molecular flexibility index (Phi) is 87.8. The predicted molar refractivity (Wildman–Crippen MR) is 189 cm³/mol. The third-order valence-electron chi connectivity index (χ3n) is 3.30. The molecule has 0 rings (SSSR count). The van der Waals surface area contributed by atoms with Gasteiger partial charge in [0.1, 0.15) is 0 Å². The molecule has 0 aromatic carbocycles. The van der Waals surface area contributed by atoms with Gasteiger partial charge < -0.3 is 32.7 Å². The van der Waals surface area contributed by atoms with Gasteiger partial charge in [0.15, 0.2) is 0 Å². The highest BCUT2D eigenvalue weighted by molar-refractivity contribution is 7.60. The van der Waals surface area contributed by atoms with Crippen molar-refractivity contribution in [3.63, 3.8) is 0 Å². The second kappa shape index (κ2) is 45.5. The minimum atomic E-state index is -2.30. The van der Waals surface area contributed by atoms with Crippen LogP contribution in [0.5, 0.6) is 0 Å². The maximum Gasteiger partial charge on any atom is 0.500 e. The smallest absolute Gasteiger partial charge is 0.374 e. The Bertz CT molecular complexity index is 239. The van der Waals surface area contributed by atoms with E-state index in [1.165, 1.54) is 0 Å². The SMILES string of the molecule is CCC[Si](OCC)(OCC)OCC.CCC[Si](OCC)(OCC)OCC.N.S.S.S.S.S.S.S. The monoisotopic (exact) mass is 667 g/mol. The molecule has 0 radical (unpaired) electrons. The van der Waals surface area contributed by atoms with Gasteiger partial charge in [-0.1, -0.05) is 26.7 Å². The first-order valence-electron chi connectivity index (χ1n) is 10.3. The van der Waals surface area contributed by atoms with Crippen LogP contribution in [-0.2, 0) is 26.6 Å². The van der Waals surface area contributed by atoms with E-state index in [1.807, 2.05) is 41.5 Å². The fourth-order valence-electron chi connectivity index (χ4n) is 2.61. The van der Waals surface area contributed by atoms with Crippen LogP contribution in [0.2, 0.25) is 12.1 Å². The second-order valence-corrected chi connectivity index (χ2v) is 10.9. The molecule has 0 aliphatic heterocycles. The van der Waals surface area contributed by atoms with Crippen LogP contribution in [0.25, 0.3) is 0 Å². The molecule has 16 heteroatoms. The predicted octanol–water partition coefficient (Wildman–Crippen LogP) is 5.84. The lowest BCUT2D eigenvalue weighted by atomic mass is 10.6. The van der Waals surface area contributed by atoms with Gasteiger partial charge in [0.25, 0.3) is 0 Å². The van der Waals surface area contributed by atoms with E-state index in [0.717, 1.165) is 24.9 Å². The fourth-order valence-corrected chi connectivity index (χ4v) is 7.84. The molecule has 0 fully saturated rings. The molecule has 0 aromatic rings. The lowest BCUT2D eigenvalue weighted by Crippen LogP contribution is -2.45. The molecule has 0 unspecified atom stereocenters. The molecular formula is C18H61NO6S7Si2. The van der Waals surface area contributed by atoms with Crippen LogP contribution in [0, 0.1) is 0 Å². The van der Waals surface area contributed by atoms with E-state index in [2.05, 4.69) is 13.8 Å². The highest BCUT2D eigenvalue weighted by Gasteiger charge is 2.39. The number of rotatable bonds is 16. The molecule has 224 valence electrons. The molecule has 0 bridgehead atoms. The van der Waals surface area contributed by atoms with Crippen LogP contribution < -0.4 is 6.15 Å². The quantitative estimate of drug-likeness (QED) is 0.207. The van der Waals surface area contributed by atoms with Crippen LogP contribution in [0.4, 0.5) is 0 Å². The summed E-state index contributed by atoms with van der Waals surface area (Å²) >= 11 is 0. The zero-order valence-corrected chi connectivity index (χ0v) is 31.7. The molecule has 0 heterocycles. The fraction of sp³-hybridized carbons (Fsp3) is 1.00. The van der Waals surface area contributed by atoms with E-state index in [-0.39, 0.29) is 101 Å². The first-order chi connectivity index (χ1) is 12.5. The summed E-state index contributed by atoms with van der Waals surface area (Å²) in [6, 6.07) is 1.84. The molecule has 0 aromatic heterocycles. The lowest BCUT2D eigenvalue weighted by molar-refractivity contribution is 0.0703. The van der Waals surface area contributed by atoms with Crippen molar-refractivity contribution in [2.45, 2.75) is 80.3 Å². The maximum absolute atomic E-state index is 5.65. The van der Waals surface area contributed by atoms with Crippen molar-refractivity contribution in [3.05, 3.63) is 0 Å². The Morgan fingerprint density at radius 3 is 0.588 bits per heavy atom. The van der Waals surface area contributed by atoms with E-state index in [1.54, 1.807) is 0 Å². The van der Waals surface area contributed by atoms with Crippen LogP contribution in [0.15, 0.2) is 0 Å². The van der Waals surface area contributed by atoms with Gasteiger partial charge in [0.2, 0.25) is 0 Å². The van der Waals surface area contributed by atoms with Crippen LogP contribution in [0.3, 0.4) is 0 Å². The van der Waals surface area contributed by atoms with E-state index in [4.69, 9.17) is 26.6 Å². The third kappa shape index (κ3) is 32.6. The minimum Gasteiger partial charge on any atom is -0.374 e. The topological polar surface area (TPSA) is 90.4 Å². The summed E-state index contributed by atoms with van der Waals surface area (Å²) in [7, 11) is -4.59. The number of hydrogen-bond donors (Lipinski definition) is 1. The summed E-state index contributed by atoms with van der Waals surface area (Å²) in [5, 5.41) is 0. The third-order valence-corrected chi connectivity index (χ3v) is 9.89. The zero-order valence-electron chi connectivity index (χ0n) is 22.7. The Morgan fingerprint density at radius 2 is 0.500 bits per heavy atom. The zero-order chi connectivity index (χ0) is 20.3. The van der Waals surface area contributed by atoms with E-state index in [9.17, 15) is 0 Å². The Hall–Kier alpha value is 2.60. The molecule has 34 heavy (non-hydrogen) atoms. The van der Waals surface area contributed by atoms with Gasteiger partial charge >= 0.3 is 17.6 Å². The lowest BCUT2D eigenvalue weighted by Gasteiger charge is -2.27. The van der Waals surface area contributed by atoms with Crippen molar-refractivity contribution in [3.8, 4) is 0 Å². The largest absolute Gasteiger partial charge is 0.500 e. The normalized spacial score (nSPS) is 9.18. The van der Waals surface area contributed by atoms with Gasteiger partial charge in [-0.25, -0.2) is 0 Å². The van der Waals surface area contributed by atoms with E-state index >= 15 is 0 Å². The summed E-state index contributed by atoms with van der Waals surface area (Å²) in [5.41, 5.74) is 0. The van der Waals surface area contributed by atoms with Crippen molar-refractivity contribution in [1.29, 1.82) is 0 Å². The number of hydrogen-bond acceptors (Lipinski definition) is 7. The van der Waals surface area contributed by atoms with Crippen molar-refractivity contribution < 1.29 is 26.6 Å². The van der Waals surface area contributed by atoms with Crippen molar-refractivity contribution >= 4 is 112 Å². The summed E-state index contributed by atoms with van der Waals surface area (Å²) in [5.74, 6) is 0. The highest BCUT2D eigenvalue weighted by Crippen LogP contribution is 2.18. The van der Waals surface area contributed by atoms with Crippen molar-refractivity contribution in [2.24, 2.45) is 0 Å². The Labute approximate surface area is 263 Å². The van der Waals surface area contributed by atoms with E-state index < -0.39 is 17.6 Å². The Balaban J connectivity index is -0.0000000343. The first-order valence-corrected chi connectivity index (χ1v) is 14.2. The minimum absolute atomic E-state index is 0. The van der Waals surface area contributed by atoms with Crippen LogP contribution >= 0.6 is 94.5 Å². The average Bonchev–Trinajstić information content (AvgIpc) is 2.57.